The number of amides is 1. The fourth-order valence-corrected chi connectivity index (χ4v) is 2.46. The van der Waals surface area contributed by atoms with Crippen molar-refractivity contribution in [3.05, 3.63) is 65.9 Å². The topological polar surface area (TPSA) is 79.9 Å². The van der Waals surface area contributed by atoms with Crippen LogP contribution in [0, 0.1) is 11.3 Å². The van der Waals surface area contributed by atoms with Crippen molar-refractivity contribution in [3.63, 3.8) is 0 Å². The van der Waals surface area contributed by atoms with Gasteiger partial charge >= 0.3 is 0 Å². The maximum Gasteiger partial charge on any atom is 0.258 e. The number of methoxy groups -OCH3 is 1. The van der Waals surface area contributed by atoms with Gasteiger partial charge in [-0.25, -0.2) is 4.98 Å². The first-order valence-corrected chi connectivity index (χ1v) is 7.60. The molecule has 124 valence electrons. The molecule has 0 spiro atoms. The number of carbonyl (C=O) groups is 1. The Morgan fingerprint density at radius 1 is 1.24 bits per heavy atom. The second-order valence-corrected chi connectivity index (χ2v) is 5.40. The number of aromatic nitrogens is 2. The van der Waals surface area contributed by atoms with Crippen molar-refractivity contribution in [1.29, 1.82) is 5.26 Å². The van der Waals surface area contributed by atoms with Crippen molar-refractivity contribution in [1.82, 2.24) is 9.55 Å². The smallest absolute Gasteiger partial charge is 0.258 e. The Morgan fingerprint density at radius 3 is 2.68 bits per heavy atom. The molecule has 6 heteroatoms. The number of benzene rings is 2. The molecule has 0 bridgehead atoms. The molecule has 1 amide bonds. The average Bonchev–Trinajstić information content (AvgIpc) is 3.02. The quantitative estimate of drug-likeness (QED) is 0.795. The lowest BCUT2D eigenvalue weighted by Gasteiger charge is -2.08. The van der Waals surface area contributed by atoms with Crippen molar-refractivity contribution < 1.29 is 9.53 Å². The van der Waals surface area contributed by atoms with E-state index in [9.17, 15) is 4.79 Å². The van der Waals surface area contributed by atoms with E-state index in [4.69, 9.17) is 10.00 Å². The van der Waals surface area contributed by atoms with E-state index in [1.165, 1.54) is 0 Å². The summed E-state index contributed by atoms with van der Waals surface area (Å²) in [5, 5.41) is 11.7. The summed E-state index contributed by atoms with van der Waals surface area (Å²) in [6.07, 6.45) is 1.70. The third kappa shape index (κ3) is 3.35. The molecule has 0 aliphatic heterocycles. The van der Waals surface area contributed by atoms with E-state index in [-0.39, 0.29) is 5.91 Å². The lowest BCUT2D eigenvalue weighted by atomic mass is 10.1. The zero-order chi connectivity index (χ0) is 17.8. The highest BCUT2D eigenvalue weighted by atomic mass is 16.5. The average molecular weight is 332 g/mol. The molecule has 1 heterocycles. The van der Waals surface area contributed by atoms with Crippen molar-refractivity contribution >= 4 is 11.9 Å². The molecule has 0 aliphatic rings. The number of ether oxygens (including phenoxy) is 1. The number of hydrogen-bond donors (Lipinski definition) is 1. The van der Waals surface area contributed by atoms with Gasteiger partial charge in [-0.3, -0.25) is 10.1 Å². The van der Waals surface area contributed by atoms with E-state index >= 15 is 0 Å². The predicted molar refractivity (Wildman–Crippen MR) is 94.3 cm³/mol. The first kappa shape index (κ1) is 16.3. The molecule has 0 fully saturated rings. The minimum atomic E-state index is -0.313. The number of nitriles is 1. The molecule has 0 saturated carbocycles. The van der Waals surface area contributed by atoms with Crippen LogP contribution in [0.25, 0.3) is 11.3 Å². The van der Waals surface area contributed by atoms with Crippen LogP contribution in [0.1, 0.15) is 15.9 Å². The number of hydrogen-bond acceptors (Lipinski definition) is 4. The van der Waals surface area contributed by atoms with Gasteiger partial charge in [-0.2, -0.15) is 5.26 Å². The van der Waals surface area contributed by atoms with E-state index in [1.807, 2.05) is 37.4 Å². The molecular weight excluding hydrogens is 316 g/mol. The summed E-state index contributed by atoms with van der Waals surface area (Å²) in [7, 11) is 3.45. The molecule has 0 unspecified atom stereocenters. The van der Waals surface area contributed by atoms with Crippen molar-refractivity contribution in [2.45, 2.75) is 0 Å². The number of nitrogens with zero attached hydrogens (tertiary/aromatic N) is 3. The van der Waals surface area contributed by atoms with Gasteiger partial charge in [0, 0.05) is 18.2 Å². The van der Waals surface area contributed by atoms with Crippen LogP contribution in [-0.2, 0) is 7.05 Å². The zero-order valence-corrected chi connectivity index (χ0v) is 13.9. The van der Waals surface area contributed by atoms with Crippen molar-refractivity contribution in [2.24, 2.45) is 7.05 Å². The highest BCUT2D eigenvalue weighted by Crippen LogP contribution is 2.24. The highest BCUT2D eigenvalue weighted by Gasteiger charge is 2.13. The lowest BCUT2D eigenvalue weighted by molar-refractivity contribution is 0.102. The molecule has 0 saturated heterocycles. The van der Waals surface area contributed by atoms with Crippen LogP contribution in [0.4, 0.5) is 5.95 Å². The summed E-state index contributed by atoms with van der Waals surface area (Å²) in [4.78, 5) is 16.7. The van der Waals surface area contributed by atoms with E-state index < -0.39 is 0 Å². The summed E-state index contributed by atoms with van der Waals surface area (Å²) in [5.41, 5.74) is 2.67. The number of anilines is 1. The monoisotopic (exact) mass is 332 g/mol. The Bertz CT molecular complexity index is 952. The Kier molecular flexibility index (Phi) is 4.48. The standard InChI is InChI=1S/C19H16N4O2/c1-23-17(14-6-8-16(25-2)9-7-14)12-21-19(23)22-18(24)15-5-3-4-13(10-15)11-20/h3-10,12H,1-2H3,(H,21,22,24). The predicted octanol–water partition coefficient (Wildman–Crippen LogP) is 3.22. The maximum absolute atomic E-state index is 12.4. The SMILES string of the molecule is COc1ccc(-c2cnc(NC(=O)c3cccc(C#N)c3)n2C)cc1. The molecule has 2 aromatic carbocycles. The van der Waals surface area contributed by atoms with Gasteiger partial charge in [0.15, 0.2) is 0 Å². The number of rotatable bonds is 4. The van der Waals surface area contributed by atoms with Crippen LogP contribution in [0.15, 0.2) is 54.7 Å². The minimum absolute atomic E-state index is 0.313. The van der Waals surface area contributed by atoms with Crippen LogP contribution in [0.3, 0.4) is 0 Å². The molecular formula is C19H16N4O2. The Morgan fingerprint density at radius 2 is 2.00 bits per heavy atom. The molecule has 0 atom stereocenters. The molecule has 1 aromatic heterocycles. The molecule has 3 aromatic rings. The van der Waals surface area contributed by atoms with Gasteiger partial charge in [0.2, 0.25) is 5.95 Å². The van der Waals surface area contributed by atoms with Crippen LogP contribution in [0.5, 0.6) is 5.75 Å². The van der Waals surface area contributed by atoms with E-state index in [0.29, 0.717) is 17.1 Å². The van der Waals surface area contributed by atoms with Crippen LogP contribution in [0.2, 0.25) is 0 Å². The van der Waals surface area contributed by atoms with Crippen LogP contribution < -0.4 is 10.1 Å². The number of nitrogens with one attached hydrogen (secondary N) is 1. The number of carbonyl (C=O) groups excluding carboxylic acids is 1. The summed E-state index contributed by atoms with van der Waals surface area (Å²) in [6.45, 7) is 0. The molecule has 1 N–H and O–H groups in total. The summed E-state index contributed by atoms with van der Waals surface area (Å²) in [6, 6.07) is 16.1. The minimum Gasteiger partial charge on any atom is -0.497 e. The van der Waals surface area contributed by atoms with Gasteiger partial charge in [-0.05, 0) is 42.5 Å². The molecule has 25 heavy (non-hydrogen) atoms. The van der Waals surface area contributed by atoms with Gasteiger partial charge in [-0.15, -0.1) is 0 Å². The second-order valence-electron chi connectivity index (χ2n) is 5.40. The largest absolute Gasteiger partial charge is 0.497 e. The Balaban J connectivity index is 1.83. The molecule has 3 rings (SSSR count). The fraction of sp³-hybridized carbons (Fsp3) is 0.105. The van der Waals surface area contributed by atoms with Crippen LogP contribution >= 0.6 is 0 Å². The van der Waals surface area contributed by atoms with E-state index in [0.717, 1.165) is 17.0 Å². The normalized spacial score (nSPS) is 10.1. The molecule has 0 radical (unpaired) electrons. The first-order chi connectivity index (χ1) is 12.1. The number of imidazole rings is 1. The van der Waals surface area contributed by atoms with E-state index in [1.54, 1.807) is 42.1 Å². The van der Waals surface area contributed by atoms with Gasteiger partial charge in [0.05, 0.1) is 30.6 Å². The Hall–Kier alpha value is -3.59. The highest BCUT2D eigenvalue weighted by molar-refractivity contribution is 6.03. The Labute approximate surface area is 145 Å². The van der Waals surface area contributed by atoms with E-state index in [2.05, 4.69) is 10.3 Å². The summed E-state index contributed by atoms with van der Waals surface area (Å²) >= 11 is 0. The van der Waals surface area contributed by atoms with Gasteiger partial charge in [0.25, 0.3) is 5.91 Å². The third-order valence-corrected chi connectivity index (χ3v) is 3.85. The van der Waals surface area contributed by atoms with Gasteiger partial charge < -0.3 is 9.30 Å². The first-order valence-electron chi connectivity index (χ1n) is 7.60. The zero-order valence-electron chi connectivity index (χ0n) is 13.9. The third-order valence-electron chi connectivity index (χ3n) is 3.85. The van der Waals surface area contributed by atoms with Gasteiger partial charge in [0.1, 0.15) is 5.75 Å². The molecule has 0 aliphatic carbocycles. The fourth-order valence-electron chi connectivity index (χ4n) is 2.46. The van der Waals surface area contributed by atoms with Crippen molar-refractivity contribution in [3.8, 4) is 23.1 Å². The maximum atomic E-state index is 12.4. The van der Waals surface area contributed by atoms with Crippen molar-refractivity contribution in [2.75, 3.05) is 12.4 Å². The summed E-state index contributed by atoms with van der Waals surface area (Å²) < 4.78 is 6.96. The summed E-state index contributed by atoms with van der Waals surface area (Å²) in [5.74, 6) is 0.891. The molecule has 6 nitrogen and oxygen atoms in total. The van der Waals surface area contributed by atoms with Crippen LogP contribution in [-0.4, -0.2) is 22.6 Å². The second kappa shape index (κ2) is 6.89. The van der Waals surface area contributed by atoms with Gasteiger partial charge in [-0.1, -0.05) is 6.07 Å². The lowest BCUT2D eigenvalue weighted by Crippen LogP contribution is -2.15.